The molecule has 0 saturated heterocycles. The van der Waals surface area contributed by atoms with E-state index in [0.717, 1.165) is 18.5 Å². The molecular formula is C14H21FN2OS. The maximum Gasteiger partial charge on any atom is 0.144 e. The molecule has 19 heavy (non-hydrogen) atoms. The predicted octanol–water partition coefficient (Wildman–Crippen LogP) is 3.03. The molecule has 0 spiro atoms. The van der Waals surface area contributed by atoms with E-state index in [0.29, 0.717) is 11.6 Å². The molecule has 1 aromatic heterocycles. The summed E-state index contributed by atoms with van der Waals surface area (Å²) in [5.74, 6) is 0.166. The molecule has 2 atom stereocenters. The molecule has 1 aliphatic carbocycles. The maximum absolute atomic E-state index is 13.3. The van der Waals surface area contributed by atoms with Crippen LogP contribution in [0.1, 0.15) is 51.0 Å². The molecule has 0 radical (unpaired) electrons. The molecule has 1 fully saturated rings. The fourth-order valence-corrected chi connectivity index (χ4v) is 2.75. The van der Waals surface area contributed by atoms with Gasteiger partial charge in [0.25, 0.3) is 0 Å². The van der Waals surface area contributed by atoms with E-state index in [1.165, 1.54) is 6.07 Å². The standard InChI is InChI=1S/C14H21FN2OS/c1-9-11(15)7-8-12(16-9)13(10-5-6-10)17-19(18)14(2,3)4/h7-8,10,13,17H,5-6H2,1-4H3/t13-,19-/m0/s1. The molecule has 1 heterocycles. The van der Waals surface area contributed by atoms with Gasteiger partial charge in [-0.1, -0.05) is 0 Å². The first-order valence-electron chi connectivity index (χ1n) is 6.60. The number of aromatic nitrogens is 1. The molecule has 1 aromatic rings. The van der Waals surface area contributed by atoms with Crippen molar-refractivity contribution in [3.63, 3.8) is 0 Å². The molecule has 1 N–H and O–H groups in total. The highest BCUT2D eigenvalue weighted by Gasteiger charge is 2.39. The van der Waals surface area contributed by atoms with Gasteiger partial charge < -0.3 is 4.55 Å². The summed E-state index contributed by atoms with van der Waals surface area (Å²) in [5.41, 5.74) is 1.19. The summed E-state index contributed by atoms with van der Waals surface area (Å²) in [6, 6.07) is 3.09. The monoisotopic (exact) mass is 284 g/mol. The molecule has 0 unspecified atom stereocenters. The summed E-state index contributed by atoms with van der Waals surface area (Å²) in [6.07, 6.45) is 2.22. The fourth-order valence-electron chi connectivity index (χ4n) is 1.86. The van der Waals surface area contributed by atoms with Crippen LogP contribution in [0.15, 0.2) is 12.1 Å². The third-order valence-corrected chi connectivity index (χ3v) is 4.83. The highest BCUT2D eigenvalue weighted by Crippen LogP contribution is 2.41. The number of hydrogen-bond acceptors (Lipinski definition) is 3. The van der Waals surface area contributed by atoms with E-state index in [1.807, 2.05) is 20.8 Å². The Balaban J connectivity index is 2.18. The minimum atomic E-state index is -1.14. The van der Waals surface area contributed by atoms with Crippen molar-refractivity contribution < 1.29 is 8.94 Å². The van der Waals surface area contributed by atoms with Crippen molar-refractivity contribution in [1.29, 1.82) is 0 Å². The first-order valence-corrected chi connectivity index (χ1v) is 7.75. The zero-order chi connectivity index (χ0) is 14.2. The van der Waals surface area contributed by atoms with Crippen LogP contribution in [0.2, 0.25) is 0 Å². The van der Waals surface area contributed by atoms with Crippen molar-refractivity contribution in [2.75, 3.05) is 0 Å². The average molecular weight is 284 g/mol. The van der Waals surface area contributed by atoms with E-state index >= 15 is 0 Å². The number of nitrogens with zero attached hydrogens (tertiary/aromatic N) is 1. The van der Waals surface area contributed by atoms with Gasteiger partial charge in [0.05, 0.1) is 17.4 Å². The summed E-state index contributed by atoms with van der Waals surface area (Å²) in [5, 5.41) is 0. The van der Waals surface area contributed by atoms with Gasteiger partial charge in [-0.05, 0) is 58.6 Å². The molecular weight excluding hydrogens is 263 g/mol. The van der Waals surface area contributed by atoms with Gasteiger partial charge in [0, 0.05) is 11.4 Å². The van der Waals surface area contributed by atoms with Gasteiger partial charge in [-0.3, -0.25) is 4.98 Å². The van der Waals surface area contributed by atoms with Crippen molar-refractivity contribution in [2.24, 2.45) is 5.92 Å². The maximum atomic E-state index is 13.3. The van der Waals surface area contributed by atoms with Gasteiger partial charge in [0.2, 0.25) is 0 Å². The number of rotatable bonds is 4. The number of nitrogens with one attached hydrogen (secondary N) is 1. The lowest BCUT2D eigenvalue weighted by Crippen LogP contribution is -2.42. The lowest BCUT2D eigenvalue weighted by Gasteiger charge is -2.27. The first-order chi connectivity index (χ1) is 8.79. The van der Waals surface area contributed by atoms with E-state index < -0.39 is 11.4 Å². The Labute approximate surface area is 117 Å². The predicted molar refractivity (Wildman–Crippen MR) is 75.4 cm³/mol. The smallest absolute Gasteiger partial charge is 0.144 e. The molecule has 0 bridgehead atoms. The van der Waals surface area contributed by atoms with Gasteiger partial charge in [0.15, 0.2) is 0 Å². The lowest BCUT2D eigenvalue weighted by molar-refractivity contribution is 0.495. The summed E-state index contributed by atoms with van der Waals surface area (Å²) >= 11 is -1.14. The molecule has 1 saturated carbocycles. The van der Waals surface area contributed by atoms with E-state index in [4.69, 9.17) is 0 Å². The second-order valence-electron chi connectivity index (χ2n) is 6.12. The molecule has 3 nitrogen and oxygen atoms in total. The number of hydrogen-bond donors (Lipinski definition) is 1. The number of pyridine rings is 1. The Morgan fingerprint density at radius 3 is 2.53 bits per heavy atom. The molecule has 0 aromatic carbocycles. The van der Waals surface area contributed by atoms with Crippen LogP contribution in [0.4, 0.5) is 4.39 Å². The molecule has 1 aliphatic rings. The van der Waals surface area contributed by atoms with Gasteiger partial charge in [-0.2, -0.15) is 0 Å². The van der Waals surface area contributed by atoms with Crippen LogP contribution in [-0.2, 0) is 11.4 Å². The van der Waals surface area contributed by atoms with Gasteiger partial charge in [-0.15, -0.1) is 4.72 Å². The van der Waals surface area contributed by atoms with Crippen molar-refractivity contribution in [3.05, 3.63) is 29.3 Å². The quantitative estimate of drug-likeness (QED) is 0.865. The van der Waals surface area contributed by atoms with Crippen LogP contribution in [0.5, 0.6) is 0 Å². The van der Waals surface area contributed by atoms with E-state index in [-0.39, 0.29) is 16.6 Å². The Morgan fingerprint density at radius 2 is 2.05 bits per heavy atom. The van der Waals surface area contributed by atoms with Crippen LogP contribution < -0.4 is 4.72 Å². The zero-order valence-corrected chi connectivity index (χ0v) is 12.7. The van der Waals surface area contributed by atoms with E-state index in [1.54, 1.807) is 13.0 Å². The van der Waals surface area contributed by atoms with Crippen LogP contribution in [0.25, 0.3) is 0 Å². The van der Waals surface area contributed by atoms with Crippen LogP contribution in [0, 0.1) is 18.7 Å². The first kappa shape index (κ1) is 14.8. The summed E-state index contributed by atoms with van der Waals surface area (Å²) in [7, 11) is 0. The molecule has 2 rings (SSSR count). The van der Waals surface area contributed by atoms with Crippen molar-refractivity contribution in [1.82, 2.24) is 9.71 Å². The number of aryl methyl sites for hydroxylation is 1. The van der Waals surface area contributed by atoms with Crippen LogP contribution >= 0.6 is 0 Å². The van der Waals surface area contributed by atoms with Crippen LogP contribution in [0.3, 0.4) is 0 Å². The summed E-state index contributed by atoms with van der Waals surface area (Å²) < 4.78 is 28.4. The van der Waals surface area contributed by atoms with Crippen molar-refractivity contribution in [2.45, 2.75) is 51.3 Å². The molecule has 0 aliphatic heterocycles. The number of halogens is 1. The fraction of sp³-hybridized carbons (Fsp3) is 0.643. The highest BCUT2D eigenvalue weighted by atomic mass is 32.2. The second kappa shape index (κ2) is 5.38. The Morgan fingerprint density at radius 1 is 1.42 bits per heavy atom. The zero-order valence-electron chi connectivity index (χ0n) is 11.9. The van der Waals surface area contributed by atoms with Gasteiger partial charge in [0.1, 0.15) is 10.6 Å². The Kier molecular flexibility index (Phi) is 4.18. The van der Waals surface area contributed by atoms with E-state index in [2.05, 4.69) is 9.71 Å². The largest absolute Gasteiger partial charge is 0.598 e. The lowest BCUT2D eigenvalue weighted by atomic mass is 10.1. The van der Waals surface area contributed by atoms with Gasteiger partial charge >= 0.3 is 0 Å². The minimum absolute atomic E-state index is 0.0423. The molecule has 106 valence electrons. The highest BCUT2D eigenvalue weighted by molar-refractivity contribution is 7.90. The SMILES string of the molecule is Cc1nc([C@@H](N[S@@+]([O-])C(C)(C)C)C2CC2)ccc1F. The third-order valence-electron chi connectivity index (χ3n) is 3.25. The minimum Gasteiger partial charge on any atom is -0.598 e. The Bertz CT molecular complexity index is 457. The van der Waals surface area contributed by atoms with Gasteiger partial charge in [-0.25, -0.2) is 4.39 Å². The topological polar surface area (TPSA) is 48.0 Å². The van der Waals surface area contributed by atoms with E-state index in [9.17, 15) is 8.94 Å². The molecule has 5 heteroatoms. The average Bonchev–Trinajstić information content (AvgIpc) is 3.12. The summed E-state index contributed by atoms with van der Waals surface area (Å²) in [4.78, 5) is 4.30. The van der Waals surface area contributed by atoms with Crippen LogP contribution in [-0.4, -0.2) is 14.3 Å². The van der Waals surface area contributed by atoms with Crippen molar-refractivity contribution >= 4 is 11.4 Å². The second-order valence-corrected chi connectivity index (χ2v) is 8.12. The Hall–Kier alpha value is -0.650. The molecule has 0 amide bonds. The third kappa shape index (κ3) is 3.68. The summed E-state index contributed by atoms with van der Waals surface area (Å²) in [6.45, 7) is 7.46. The normalized spacial score (nSPS) is 19.3. The van der Waals surface area contributed by atoms with Crippen molar-refractivity contribution in [3.8, 4) is 0 Å².